The summed E-state index contributed by atoms with van der Waals surface area (Å²) in [6, 6.07) is 1.49. The van der Waals surface area contributed by atoms with Crippen LogP contribution in [0.4, 0.5) is 0 Å². The van der Waals surface area contributed by atoms with Crippen molar-refractivity contribution in [3.8, 4) is 0 Å². The van der Waals surface area contributed by atoms with Crippen molar-refractivity contribution in [2.75, 3.05) is 32.2 Å². The molecule has 13 heteroatoms. The predicted octanol–water partition coefficient (Wildman–Crippen LogP) is 1.22. The number of hydrogen-bond acceptors (Lipinski definition) is 8. The molecule has 1 amide bonds. The maximum absolute atomic E-state index is 12.7. The maximum Gasteiger partial charge on any atom is 0.272 e. The average Bonchev–Trinajstić information content (AvgIpc) is 2.93. The molecule has 0 aliphatic carbocycles. The molecule has 0 saturated heterocycles. The Labute approximate surface area is 172 Å². The standard InChI is InChI=1S/C15H21BrN4O6S2/c1-4-19(7-5-6-8-26-28(3,24)25)15(21)12-9-11-13(10-17-12)20(18-14(11)16)27(2,22)23/h9-10H,4-8H2,1-3H3. The third-order valence-corrected chi connectivity index (χ3v) is 5.90. The van der Waals surface area contributed by atoms with Crippen LogP contribution < -0.4 is 0 Å². The molecule has 2 aromatic heterocycles. The van der Waals surface area contributed by atoms with E-state index in [4.69, 9.17) is 0 Å². The van der Waals surface area contributed by atoms with Gasteiger partial charge in [0, 0.05) is 18.5 Å². The highest BCUT2D eigenvalue weighted by molar-refractivity contribution is 9.10. The minimum Gasteiger partial charge on any atom is -0.338 e. The van der Waals surface area contributed by atoms with Crippen molar-refractivity contribution in [2.45, 2.75) is 19.8 Å². The number of nitrogens with zero attached hydrogens (tertiary/aromatic N) is 4. The molecule has 0 radical (unpaired) electrons. The van der Waals surface area contributed by atoms with Gasteiger partial charge in [0.1, 0.15) is 15.8 Å². The number of hydrogen-bond donors (Lipinski definition) is 0. The van der Waals surface area contributed by atoms with Crippen LogP contribution in [0.25, 0.3) is 10.9 Å². The zero-order chi connectivity index (χ0) is 21.1. The first-order valence-electron chi connectivity index (χ1n) is 8.32. The number of carbonyl (C=O) groups excluding carboxylic acids is 1. The van der Waals surface area contributed by atoms with Crippen LogP contribution in [-0.4, -0.2) is 74.0 Å². The van der Waals surface area contributed by atoms with Gasteiger partial charge in [-0.05, 0) is 41.8 Å². The molecule has 2 rings (SSSR count). The summed E-state index contributed by atoms with van der Waals surface area (Å²) in [5, 5.41) is 4.39. The Morgan fingerprint density at radius 2 is 1.93 bits per heavy atom. The third kappa shape index (κ3) is 5.72. The van der Waals surface area contributed by atoms with E-state index in [0.29, 0.717) is 35.9 Å². The molecule has 156 valence electrons. The number of fused-ring (bicyclic) bond motifs is 1. The molecule has 0 aliphatic rings. The Bertz CT molecular complexity index is 1080. The molecule has 28 heavy (non-hydrogen) atoms. The van der Waals surface area contributed by atoms with Crippen LogP contribution in [0, 0.1) is 0 Å². The highest BCUT2D eigenvalue weighted by atomic mass is 79.9. The topological polar surface area (TPSA) is 129 Å². The second-order valence-electron chi connectivity index (χ2n) is 6.10. The van der Waals surface area contributed by atoms with Gasteiger partial charge in [-0.15, -0.1) is 5.10 Å². The maximum atomic E-state index is 12.7. The summed E-state index contributed by atoms with van der Waals surface area (Å²) < 4.78 is 51.3. The lowest BCUT2D eigenvalue weighted by Crippen LogP contribution is -2.32. The van der Waals surface area contributed by atoms with Crippen molar-refractivity contribution in [3.63, 3.8) is 0 Å². The van der Waals surface area contributed by atoms with Crippen LogP contribution in [0.15, 0.2) is 16.9 Å². The summed E-state index contributed by atoms with van der Waals surface area (Å²) in [4.78, 5) is 18.4. The summed E-state index contributed by atoms with van der Waals surface area (Å²) >= 11 is 3.21. The molecule has 0 spiro atoms. The average molecular weight is 497 g/mol. The number of halogens is 1. The van der Waals surface area contributed by atoms with Gasteiger partial charge in [0.05, 0.1) is 25.3 Å². The molecule has 0 bridgehead atoms. The predicted molar refractivity (Wildman–Crippen MR) is 107 cm³/mol. The molecule has 2 heterocycles. The molecule has 0 atom stereocenters. The number of carbonyl (C=O) groups is 1. The molecule has 0 aliphatic heterocycles. The van der Waals surface area contributed by atoms with Crippen LogP contribution in [0.1, 0.15) is 30.3 Å². The van der Waals surface area contributed by atoms with Gasteiger partial charge in [0.25, 0.3) is 26.0 Å². The fraction of sp³-hybridized carbons (Fsp3) is 0.533. The first-order valence-corrected chi connectivity index (χ1v) is 12.8. The van der Waals surface area contributed by atoms with E-state index in [-0.39, 0.29) is 23.7 Å². The van der Waals surface area contributed by atoms with Crippen molar-refractivity contribution in [1.29, 1.82) is 0 Å². The van der Waals surface area contributed by atoms with E-state index in [0.717, 1.165) is 16.6 Å². The number of aromatic nitrogens is 3. The van der Waals surface area contributed by atoms with E-state index in [2.05, 4.69) is 30.2 Å². The van der Waals surface area contributed by atoms with Gasteiger partial charge in [0.15, 0.2) is 0 Å². The van der Waals surface area contributed by atoms with E-state index in [9.17, 15) is 21.6 Å². The summed E-state index contributed by atoms with van der Waals surface area (Å²) in [5.41, 5.74) is 0.433. The normalized spacial score (nSPS) is 12.4. The van der Waals surface area contributed by atoms with Gasteiger partial charge < -0.3 is 4.90 Å². The van der Waals surface area contributed by atoms with Crippen molar-refractivity contribution >= 4 is 52.9 Å². The monoisotopic (exact) mass is 496 g/mol. The summed E-state index contributed by atoms with van der Waals surface area (Å²) in [6.07, 6.45) is 4.36. The Balaban J connectivity index is 2.13. The highest BCUT2D eigenvalue weighted by Crippen LogP contribution is 2.24. The van der Waals surface area contributed by atoms with E-state index >= 15 is 0 Å². The van der Waals surface area contributed by atoms with Gasteiger partial charge in [-0.3, -0.25) is 8.98 Å². The van der Waals surface area contributed by atoms with E-state index in [1.54, 1.807) is 4.90 Å². The quantitative estimate of drug-likeness (QED) is 0.374. The molecular formula is C15H21BrN4O6S2. The lowest BCUT2D eigenvalue weighted by atomic mass is 10.2. The van der Waals surface area contributed by atoms with Gasteiger partial charge in [-0.1, -0.05) is 0 Å². The smallest absolute Gasteiger partial charge is 0.272 e. The number of pyridine rings is 1. The zero-order valence-corrected chi connectivity index (χ0v) is 18.8. The molecule has 0 fully saturated rings. The van der Waals surface area contributed by atoms with Gasteiger partial charge >= 0.3 is 0 Å². The Hall–Kier alpha value is -1.57. The Morgan fingerprint density at radius 1 is 1.25 bits per heavy atom. The molecular weight excluding hydrogens is 476 g/mol. The van der Waals surface area contributed by atoms with Crippen LogP contribution in [-0.2, 0) is 24.3 Å². The summed E-state index contributed by atoms with van der Waals surface area (Å²) in [5.74, 6) is -0.313. The third-order valence-electron chi connectivity index (χ3n) is 3.81. The zero-order valence-electron chi connectivity index (χ0n) is 15.6. The molecule has 0 N–H and O–H groups in total. The van der Waals surface area contributed by atoms with Gasteiger partial charge in [-0.25, -0.2) is 13.4 Å². The van der Waals surface area contributed by atoms with Crippen molar-refractivity contribution in [3.05, 3.63) is 22.6 Å². The Kier molecular flexibility index (Phi) is 7.17. The van der Waals surface area contributed by atoms with E-state index < -0.39 is 20.1 Å². The Morgan fingerprint density at radius 3 is 2.50 bits per heavy atom. The second-order valence-corrected chi connectivity index (χ2v) is 10.3. The molecule has 10 nitrogen and oxygen atoms in total. The van der Waals surface area contributed by atoms with Crippen molar-refractivity contribution in [1.82, 2.24) is 19.1 Å². The fourth-order valence-corrected chi connectivity index (χ4v) is 4.24. The van der Waals surface area contributed by atoms with E-state index in [1.165, 1.54) is 12.3 Å². The van der Waals surface area contributed by atoms with Gasteiger partial charge in [-0.2, -0.15) is 12.5 Å². The first kappa shape index (κ1) is 22.7. The minimum atomic E-state index is -3.61. The number of amides is 1. The van der Waals surface area contributed by atoms with Crippen LogP contribution in [0.5, 0.6) is 0 Å². The lowest BCUT2D eigenvalue weighted by molar-refractivity contribution is 0.0754. The van der Waals surface area contributed by atoms with Crippen LogP contribution >= 0.6 is 15.9 Å². The lowest BCUT2D eigenvalue weighted by Gasteiger charge is -2.20. The van der Waals surface area contributed by atoms with E-state index in [1.807, 2.05) is 6.92 Å². The fourth-order valence-electron chi connectivity index (χ4n) is 2.50. The first-order chi connectivity index (χ1) is 12.9. The summed E-state index contributed by atoms with van der Waals surface area (Å²) in [6.45, 7) is 2.73. The molecule has 0 unspecified atom stereocenters. The number of unbranched alkanes of at least 4 members (excludes halogenated alkanes) is 1. The molecule has 0 saturated carbocycles. The van der Waals surface area contributed by atoms with Crippen LogP contribution in [0.3, 0.4) is 0 Å². The van der Waals surface area contributed by atoms with Gasteiger partial charge in [0.2, 0.25) is 0 Å². The second kappa shape index (κ2) is 8.84. The minimum absolute atomic E-state index is 0.0619. The summed E-state index contributed by atoms with van der Waals surface area (Å²) in [7, 11) is -7.07. The highest BCUT2D eigenvalue weighted by Gasteiger charge is 2.20. The van der Waals surface area contributed by atoms with Crippen LogP contribution in [0.2, 0.25) is 0 Å². The number of rotatable bonds is 9. The molecule has 0 aromatic carbocycles. The van der Waals surface area contributed by atoms with Crippen molar-refractivity contribution in [2.24, 2.45) is 0 Å². The molecule has 2 aromatic rings. The largest absolute Gasteiger partial charge is 0.338 e. The SMILES string of the molecule is CCN(CCCCOS(C)(=O)=O)C(=O)c1cc2c(Br)nn(S(C)(=O)=O)c2cn1. The van der Waals surface area contributed by atoms with Crippen molar-refractivity contribution < 1.29 is 25.8 Å².